The molecular formula is C28H24F3N3O4. The van der Waals surface area contributed by atoms with Crippen LogP contribution in [0.15, 0.2) is 48.5 Å². The number of nitrogens with zero attached hydrogens (tertiary/aromatic N) is 3. The summed E-state index contributed by atoms with van der Waals surface area (Å²) < 4.78 is 54.2. The summed E-state index contributed by atoms with van der Waals surface area (Å²) in [5, 5.41) is 41.0. The van der Waals surface area contributed by atoms with Gasteiger partial charge in [-0.15, -0.1) is 0 Å². The van der Waals surface area contributed by atoms with E-state index in [0.29, 0.717) is 31.4 Å². The second-order valence-corrected chi connectivity index (χ2v) is 9.61. The van der Waals surface area contributed by atoms with E-state index >= 15 is 0 Å². The lowest BCUT2D eigenvalue weighted by molar-refractivity contribution is -0.137. The van der Waals surface area contributed by atoms with Gasteiger partial charge in [0.15, 0.2) is 0 Å². The molecule has 0 saturated carbocycles. The normalized spacial score (nSPS) is 21.7. The van der Waals surface area contributed by atoms with Crippen LogP contribution in [0, 0.1) is 22.7 Å². The van der Waals surface area contributed by atoms with Crippen LogP contribution in [-0.2, 0) is 33.5 Å². The molecule has 1 aromatic heterocycles. The van der Waals surface area contributed by atoms with Crippen molar-refractivity contribution < 1.29 is 32.9 Å². The van der Waals surface area contributed by atoms with Crippen molar-refractivity contribution in [1.82, 2.24) is 4.57 Å². The fraction of sp³-hybridized carbons (Fsp3) is 0.357. The second-order valence-electron chi connectivity index (χ2n) is 9.61. The molecule has 3 aromatic rings. The highest BCUT2D eigenvalue weighted by Gasteiger charge is 2.63. The van der Waals surface area contributed by atoms with Gasteiger partial charge >= 0.3 is 6.18 Å². The molecule has 2 atom stereocenters. The Morgan fingerprint density at radius 2 is 1.63 bits per heavy atom. The van der Waals surface area contributed by atoms with Gasteiger partial charge in [-0.25, -0.2) is 0 Å². The van der Waals surface area contributed by atoms with E-state index in [1.165, 1.54) is 12.1 Å². The third kappa shape index (κ3) is 4.07. The number of aromatic nitrogens is 1. The van der Waals surface area contributed by atoms with Gasteiger partial charge in [0.25, 0.3) is 0 Å². The zero-order valence-corrected chi connectivity index (χ0v) is 20.3. The van der Waals surface area contributed by atoms with Crippen LogP contribution >= 0.6 is 0 Å². The van der Waals surface area contributed by atoms with Crippen molar-refractivity contribution in [2.24, 2.45) is 0 Å². The van der Waals surface area contributed by atoms with E-state index in [0.717, 1.165) is 22.3 Å². The molecule has 3 heterocycles. The quantitative estimate of drug-likeness (QED) is 0.356. The summed E-state index contributed by atoms with van der Waals surface area (Å²) in [6, 6.07) is 16.2. The molecule has 2 bridgehead atoms. The molecule has 10 heteroatoms. The number of rotatable bonds is 8. The molecule has 0 amide bonds. The minimum Gasteiger partial charge on any atom is -0.494 e. The van der Waals surface area contributed by atoms with Crippen molar-refractivity contribution in [2.45, 2.75) is 56.1 Å². The number of halogens is 3. The van der Waals surface area contributed by atoms with Gasteiger partial charge in [0.05, 0.1) is 53.3 Å². The lowest BCUT2D eigenvalue weighted by Gasteiger charge is -2.27. The zero-order valence-electron chi connectivity index (χ0n) is 20.3. The molecule has 0 radical (unpaired) electrons. The Kier molecular flexibility index (Phi) is 6.34. The number of fused-ring (bicyclic) bond motifs is 5. The molecule has 1 saturated heterocycles. The third-order valence-electron chi connectivity index (χ3n) is 7.45. The summed E-state index contributed by atoms with van der Waals surface area (Å²) >= 11 is 0. The largest absolute Gasteiger partial charge is 0.494 e. The standard InChI is InChI=1S/C28H24F3N3O4/c29-28(30,31)21-15-20(8-7-19(21)16-33)34-24(35)22-23(25(34)36)27(11-10-26(22,38-27)9-4-13-32)12-14-37-17-18-5-2-1-3-6-18/h1-3,5-8,15,35-36H,4,9-12,14,17H2/t26-,27-/m0/s1. The summed E-state index contributed by atoms with van der Waals surface area (Å²) in [5.74, 6) is -0.878. The highest BCUT2D eigenvalue weighted by atomic mass is 19.4. The molecule has 38 heavy (non-hydrogen) atoms. The maximum Gasteiger partial charge on any atom is 0.417 e. The number of ether oxygens (including phenoxy) is 2. The van der Waals surface area contributed by atoms with Gasteiger partial charge in [0, 0.05) is 12.8 Å². The fourth-order valence-corrected chi connectivity index (χ4v) is 5.75. The van der Waals surface area contributed by atoms with E-state index in [9.17, 15) is 28.6 Å². The first kappa shape index (κ1) is 25.7. The van der Waals surface area contributed by atoms with Gasteiger partial charge in [0.1, 0.15) is 11.2 Å². The molecule has 2 aliphatic heterocycles. The highest BCUT2D eigenvalue weighted by Crippen LogP contribution is 2.67. The first-order valence-corrected chi connectivity index (χ1v) is 12.1. The first-order chi connectivity index (χ1) is 18.2. The maximum atomic E-state index is 13.6. The predicted molar refractivity (Wildman–Crippen MR) is 128 cm³/mol. The molecule has 5 rings (SSSR count). The molecule has 7 nitrogen and oxygen atoms in total. The second kappa shape index (κ2) is 9.39. The smallest absolute Gasteiger partial charge is 0.417 e. The van der Waals surface area contributed by atoms with Crippen molar-refractivity contribution in [3.05, 3.63) is 76.3 Å². The minimum atomic E-state index is -4.81. The van der Waals surface area contributed by atoms with Crippen LogP contribution in [0.2, 0.25) is 0 Å². The number of benzene rings is 2. The van der Waals surface area contributed by atoms with E-state index in [1.54, 1.807) is 0 Å². The van der Waals surface area contributed by atoms with Crippen LogP contribution in [-0.4, -0.2) is 21.4 Å². The molecule has 196 valence electrons. The molecule has 0 unspecified atom stereocenters. The number of alkyl halides is 3. The van der Waals surface area contributed by atoms with Gasteiger partial charge in [0.2, 0.25) is 11.8 Å². The molecule has 2 N–H and O–H groups in total. The van der Waals surface area contributed by atoms with Crippen LogP contribution in [0.25, 0.3) is 5.69 Å². The summed E-state index contributed by atoms with van der Waals surface area (Å²) in [6.45, 7) is 0.635. The van der Waals surface area contributed by atoms with Crippen LogP contribution in [0.4, 0.5) is 13.2 Å². The van der Waals surface area contributed by atoms with Crippen molar-refractivity contribution in [1.29, 1.82) is 10.5 Å². The predicted octanol–water partition coefficient (Wildman–Crippen LogP) is 5.90. The lowest BCUT2D eigenvalue weighted by atomic mass is 9.75. The SMILES string of the molecule is N#CCC[C@@]12CC[C@@](CCOCc3ccccc3)(O1)c1c2c(O)n(-c2ccc(C#N)c(C(F)(F)F)c2)c1O. The number of nitriles is 2. The summed E-state index contributed by atoms with van der Waals surface area (Å²) in [7, 11) is 0. The minimum absolute atomic E-state index is 0.125. The van der Waals surface area contributed by atoms with E-state index in [1.807, 2.05) is 30.3 Å². The van der Waals surface area contributed by atoms with Crippen LogP contribution < -0.4 is 0 Å². The number of aromatic hydroxyl groups is 2. The van der Waals surface area contributed by atoms with Crippen molar-refractivity contribution >= 4 is 0 Å². The average molecular weight is 524 g/mol. The van der Waals surface area contributed by atoms with Crippen molar-refractivity contribution in [2.75, 3.05) is 6.61 Å². The Balaban J connectivity index is 1.54. The fourth-order valence-electron chi connectivity index (χ4n) is 5.75. The molecule has 2 aliphatic rings. The monoisotopic (exact) mass is 523 g/mol. The number of hydrogen-bond acceptors (Lipinski definition) is 6. The average Bonchev–Trinajstić information content (AvgIpc) is 3.51. The Labute approximate surface area is 216 Å². The van der Waals surface area contributed by atoms with Crippen molar-refractivity contribution in [3.63, 3.8) is 0 Å². The van der Waals surface area contributed by atoms with Crippen LogP contribution in [0.5, 0.6) is 11.8 Å². The summed E-state index contributed by atoms with van der Waals surface area (Å²) in [5.41, 5.74) is -2.40. The number of hydrogen-bond donors (Lipinski definition) is 2. The van der Waals surface area contributed by atoms with E-state index in [2.05, 4.69) is 6.07 Å². The van der Waals surface area contributed by atoms with Gasteiger partial charge < -0.3 is 19.7 Å². The molecular weight excluding hydrogens is 499 g/mol. The third-order valence-corrected chi connectivity index (χ3v) is 7.45. The van der Waals surface area contributed by atoms with E-state index in [-0.39, 0.29) is 30.7 Å². The lowest BCUT2D eigenvalue weighted by Crippen LogP contribution is -2.25. The summed E-state index contributed by atoms with van der Waals surface area (Å²) in [4.78, 5) is 0. The Hall–Kier alpha value is -3.99. The van der Waals surface area contributed by atoms with E-state index < -0.39 is 40.3 Å². The first-order valence-electron chi connectivity index (χ1n) is 12.1. The molecule has 2 aromatic carbocycles. The zero-order chi connectivity index (χ0) is 27.1. The highest BCUT2D eigenvalue weighted by molar-refractivity contribution is 5.62. The van der Waals surface area contributed by atoms with Gasteiger partial charge in [-0.3, -0.25) is 4.57 Å². The van der Waals surface area contributed by atoms with Gasteiger partial charge in [-0.2, -0.15) is 23.7 Å². The molecule has 1 fully saturated rings. The van der Waals surface area contributed by atoms with Gasteiger partial charge in [-0.05, 0) is 43.0 Å². The van der Waals surface area contributed by atoms with Gasteiger partial charge in [-0.1, -0.05) is 30.3 Å². The summed E-state index contributed by atoms with van der Waals surface area (Å²) in [6.07, 6.45) is -3.15. The topological polar surface area (TPSA) is 111 Å². The Morgan fingerprint density at radius 3 is 2.24 bits per heavy atom. The Morgan fingerprint density at radius 1 is 0.974 bits per heavy atom. The molecule has 0 spiro atoms. The van der Waals surface area contributed by atoms with Crippen molar-refractivity contribution in [3.8, 4) is 29.6 Å². The van der Waals surface area contributed by atoms with Crippen LogP contribution in [0.1, 0.15) is 59.9 Å². The van der Waals surface area contributed by atoms with Crippen LogP contribution in [0.3, 0.4) is 0 Å². The maximum absolute atomic E-state index is 13.6. The Bertz CT molecular complexity index is 1460. The molecule has 0 aliphatic carbocycles. The van der Waals surface area contributed by atoms with E-state index in [4.69, 9.17) is 14.7 Å².